The van der Waals surface area contributed by atoms with Crippen molar-refractivity contribution in [3.8, 4) is 0 Å². The third-order valence-electron chi connectivity index (χ3n) is 4.42. The Kier molecular flexibility index (Phi) is 7.28. The number of hydrogen-bond donors (Lipinski definition) is 1. The standard InChI is InChI=1S/C17H33N3/c1-6-11-18-14-17(5,9-4)13-15-10-12-20(19-15)16(7-2)8-3/h10,12,16,18H,6-9,11,13-14H2,1-5H3. The fourth-order valence-corrected chi connectivity index (χ4v) is 2.65. The van der Waals surface area contributed by atoms with Gasteiger partial charge in [0, 0.05) is 12.7 Å². The van der Waals surface area contributed by atoms with E-state index in [0.29, 0.717) is 11.5 Å². The molecule has 3 nitrogen and oxygen atoms in total. The molecule has 1 atom stereocenters. The van der Waals surface area contributed by atoms with Crippen LogP contribution in [0.5, 0.6) is 0 Å². The first-order valence-electron chi connectivity index (χ1n) is 8.33. The molecule has 1 rings (SSSR count). The monoisotopic (exact) mass is 279 g/mol. The first-order chi connectivity index (χ1) is 9.58. The van der Waals surface area contributed by atoms with Gasteiger partial charge in [0.25, 0.3) is 0 Å². The third-order valence-corrected chi connectivity index (χ3v) is 4.42. The minimum Gasteiger partial charge on any atom is -0.316 e. The predicted octanol–water partition coefficient (Wildman–Crippen LogP) is 4.20. The maximum atomic E-state index is 4.80. The molecule has 1 aromatic rings. The lowest BCUT2D eigenvalue weighted by Crippen LogP contribution is -2.33. The summed E-state index contributed by atoms with van der Waals surface area (Å²) >= 11 is 0. The molecule has 0 saturated heterocycles. The van der Waals surface area contributed by atoms with Crippen LogP contribution in [-0.2, 0) is 6.42 Å². The van der Waals surface area contributed by atoms with Gasteiger partial charge in [0.1, 0.15) is 0 Å². The van der Waals surface area contributed by atoms with Crippen molar-refractivity contribution in [2.24, 2.45) is 5.41 Å². The lowest BCUT2D eigenvalue weighted by atomic mass is 9.82. The zero-order valence-corrected chi connectivity index (χ0v) is 14.1. The molecule has 1 aromatic heterocycles. The van der Waals surface area contributed by atoms with Crippen LogP contribution in [0.15, 0.2) is 12.3 Å². The average Bonchev–Trinajstić information content (AvgIpc) is 2.88. The third kappa shape index (κ3) is 4.93. The van der Waals surface area contributed by atoms with E-state index < -0.39 is 0 Å². The zero-order valence-electron chi connectivity index (χ0n) is 14.1. The van der Waals surface area contributed by atoms with Gasteiger partial charge in [-0.3, -0.25) is 4.68 Å². The summed E-state index contributed by atoms with van der Waals surface area (Å²) in [5.41, 5.74) is 1.54. The Morgan fingerprint density at radius 2 is 1.95 bits per heavy atom. The lowest BCUT2D eigenvalue weighted by Gasteiger charge is -2.28. The van der Waals surface area contributed by atoms with Crippen molar-refractivity contribution >= 4 is 0 Å². The van der Waals surface area contributed by atoms with E-state index in [1.54, 1.807) is 0 Å². The maximum absolute atomic E-state index is 4.80. The Hall–Kier alpha value is -0.830. The topological polar surface area (TPSA) is 29.9 Å². The van der Waals surface area contributed by atoms with Crippen molar-refractivity contribution in [1.29, 1.82) is 0 Å². The van der Waals surface area contributed by atoms with Gasteiger partial charge in [-0.1, -0.05) is 34.6 Å². The number of hydrogen-bond acceptors (Lipinski definition) is 2. The lowest BCUT2D eigenvalue weighted by molar-refractivity contribution is 0.286. The summed E-state index contributed by atoms with van der Waals surface area (Å²) < 4.78 is 2.16. The van der Waals surface area contributed by atoms with Gasteiger partial charge in [0.05, 0.1) is 11.7 Å². The molecule has 3 heteroatoms. The second-order valence-electron chi connectivity index (χ2n) is 6.28. The van der Waals surface area contributed by atoms with Gasteiger partial charge >= 0.3 is 0 Å². The molecular weight excluding hydrogens is 246 g/mol. The van der Waals surface area contributed by atoms with Crippen LogP contribution in [0.3, 0.4) is 0 Å². The van der Waals surface area contributed by atoms with E-state index in [1.807, 2.05) is 0 Å². The van der Waals surface area contributed by atoms with Gasteiger partial charge in [-0.15, -0.1) is 0 Å². The van der Waals surface area contributed by atoms with E-state index in [4.69, 9.17) is 5.10 Å². The van der Waals surface area contributed by atoms with Crippen molar-refractivity contribution in [1.82, 2.24) is 15.1 Å². The summed E-state index contributed by atoms with van der Waals surface area (Å²) in [5.74, 6) is 0. The normalized spacial score (nSPS) is 14.7. The number of nitrogens with one attached hydrogen (secondary N) is 1. The molecule has 0 aliphatic carbocycles. The summed E-state index contributed by atoms with van der Waals surface area (Å²) in [7, 11) is 0. The molecule has 1 heterocycles. The SMILES string of the molecule is CCCNCC(C)(CC)Cc1ccn(C(CC)CC)n1. The summed E-state index contributed by atoms with van der Waals surface area (Å²) in [4.78, 5) is 0. The van der Waals surface area contributed by atoms with Crippen LogP contribution in [-0.4, -0.2) is 22.9 Å². The highest BCUT2D eigenvalue weighted by molar-refractivity contribution is 5.03. The van der Waals surface area contributed by atoms with Crippen molar-refractivity contribution in [3.05, 3.63) is 18.0 Å². The van der Waals surface area contributed by atoms with E-state index in [-0.39, 0.29) is 0 Å². The van der Waals surface area contributed by atoms with Crippen LogP contribution in [0.2, 0.25) is 0 Å². The number of aromatic nitrogens is 2. The van der Waals surface area contributed by atoms with Crippen LogP contribution in [0.1, 0.15) is 72.0 Å². The van der Waals surface area contributed by atoms with Gasteiger partial charge in [-0.2, -0.15) is 5.10 Å². The fourth-order valence-electron chi connectivity index (χ4n) is 2.65. The largest absolute Gasteiger partial charge is 0.316 e. The predicted molar refractivity (Wildman–Crippen MR) is 87.1 cm³/mol. The Balaban J connectivity index is 2.65. The molecule has 0 amide bonds. The molecule has 1 N–H and O–H groups in total. The molecule has 1 unspecified atom stereocenters. The highest BCUT2D eigenvalue weighted by atomic mass is 15.3. The van der Waals surface area contributed by atoms with Crippen LogP contribution < -0.4 is 5.32 Å². The molecule has 116 valence electrons. The smallest absolute Gasteiger partial charge is 0.0630 e. The molecule has 20 heavy (non-hydrogen) atoms. The molecule has 0 radical (unpaired) electrons. The van der Waals surface area contributed by atoms with Crippen molar-refractivity contribution in [2.45, 2.75) is 72.8 Å². The number of nitrogens with zero attached hydrogens (tertiary/aromatic N) is 2. The van der Waals surface area contributed by atoms with E-state index in [1.165, 1.54) is 18.5 Å². The fraction of sp³-hybridized carbons (Fsp3) is 0.824. The van der Waals surface area contributed by atoms with Crippen molar-refractivity contribution in [2.75, 3.05) is 13.1 Å². The van der Waals surface area contributed by atoms with E-state index in [9.17, 15) is 0 Å². The summed E-state index contributed by atoms with van der Waals surface area (Å²) in [6.45, 7) is 13.5. The molecule has 0 aliphatic heterocycles. The van der Waals surface area contributed by atoms with Gasteiger partial charge in [0.15, 0.2) is 0 Å². The molecule has 0 aliphatic rings. The second kappa shape index (κ2) is 8.46. The van der Waals surface area contributed by atoms with Crippen LogP contribution in [0.25, 0.3) is 0 Å². The quantitative estimate of drug-likeness (QED) is 0.650. The van der Waals surface area contributed by atoms with Gasteiger partial charge in [-0.25, -0.2) is 0 Å². The van der Waals surface area contributed by atoms with Crippen molar-refractivity contribution in [3.63, 3.8) is 0 Å². The molecule has 0 spiro atoms. The minimum atomic E-state index is 0.308. The van der Waals surface area contributed by atoms with Crippen molar-refractivity contribution < 1.29 is 0 Å². The van der Waals surface area contributed by atoms with Crippen LogP contribution in [0.4, 0.5) is 0 Å². The summed E-state index contributed by atoms with van der Waals surface area (Å²) in [5, 5.41) is 8.37. The van der Waals surface area contributed by atoms with Crippen LogP contribution in [0, 0.1) is 5.41 Å². The number of rotatable bonds is 10. The molecule has 0 fully saturated rings. The Morgan fingerprint density at radius 3 is 2.50 bits per heavy atom. The Bertz CT molecular complexity index is 368. The van der Waals surface area contributed by atoms with Gasteiger partial charge in [0.2, 0.25) is 0 Å². The highest BCUT2D eigenvalue weighted by Crippen LogP contribution is 2.26. The molecule has 0 saturated carbocycles. The first kappa shape index (κ1) is 17.2. The van der Waals surface area contributed by atoms with E-state index in [0.717, 1.165) is 32.4 Å². The van der Waals surface area contributed by atoms with Gasteiger partial charge in [-0.05, 0) is 50.1 Å². The molecule has 0 aromatic carbocycles. The van der Waals surface area contributed by atoms with Crippen LogP contribution >= 0.6 is 0 Å². The first-order valence-corrected chi connectivity index (χ1v) is 8.33. The average molecular weight is 279 g/mol. The van der Waals surface area contributed by atoms with Gasteiger partial charge < -0.3 is 5.32 Å². The minimum absolute atomic E-state index is 0.308. The summed E-state index contributed by atoms with van der Waals surface area (Å²) in [6.07, 6.45) is 7.90. The second-order valence-corrected chi connectivity index (χ2v) is 6.28. The highest BCUT2D eigenvalue weighted by Gasteiger charge is 2.23. The zero-order chi connectivity index (χ0) is 15.0. The molecular formula is C17H33N3. The maximum Gasteiger partial charge on any atom is 0.0630 e. The Morgan fingerprint density at radius 1 is 1.25 bits per heavy atom. The van der Waals surface area contributed by atoms with E-state index in [2.05, 4.69) is 56.9 Å². The summed E-state index contributed by atoms with van der Waals surface area (Å²) in [6, 6.07) is 2.75. The molecule has 0 bridgehead atoms. The van der Waals surface area contributed by atoms with E-state index >= 15 is 0 Å². The Labute approximate surface area is 125 Å².